The molecule has 0 spiro atoms. The molecule has 0 saturated heterocycles. The van der Waals surface area contributed by atoms with Gasteiger partial charge in [-0.25, -0.2) is 9.78 Å². The topological polar surface area (TPSA) is 91.9 Å². The molecule has 7 heteroatoms. The highest BCUT2D eigenvalue weighted by molar-refractivity contribution is 5.92. The Kier molecular flexibility index (Phi) is 4.43. The van der Waals surface area contributed by atoms with E-state index in [1.807, 2.05) is 37.3 Å². The van der Waals surface area contributed by atoms with E-state index in [0.717, 1.165) is 16.5 Å². The maximum Gasteiger partial charge on any atom is 0.320 e. The Labute approximate surface area is 151 Å². The zero-order valence-electron chi connectivity index (χ0n) is 14.5. The molecule has 1 saturated carbocycles. The van der Waals surface area contributed by atoms with E-state index in [4.69, 9.17) is 4.74 Å². The van der Waals surface area contributed by atoms with Gasteiger partial charge in [0.1, 0.15) is 5.82 Å². The van der Waals surface area contributed by atoms with Gasteiger partial charge in [0.05, 0.1) is 23.6 Å². The molecule has 1 aliphatic carbocycles. The van der Waals surface area contributed by atoms with Crippen molar-refractivity contribution in [2.45, 2.75) is 25.8 Å². The van der Waals surface area contributed by atoms with Gasteiger partial charge in [-0.3, -0.25) is 10.4 Å². The maximum absolute atomic E-state index is 12.2. The van der Waals surface area contributed by atoms with Gasteiger partial charge in [-0.1, -0.05) is 30.3 Å². The molecular formula is C19H21N5O2. The molecule has 7 nitrogen and oxygen atoms in total. The van der Waals surface area contributed by atoms with Crippen LogP contribution in [0.4, 0.5) is 10.6 Å². The molecule has 3 aromatic rings. The Morgan fingerprint density at radius 1 is 1.35 bits per heavy atom. The average Bonchev–Trinajstić information content (AvgIpc) is 3.40. The number of anilines is 1. The molecule has 1 atom stereocenters. The number of fused-ring (bicyclic) bond motifs is 1. The van der Waals surface area contributed by atoms with E-state index in [-0.39, 0.29) is 12.1 Å². The predicted molar refractivity (Wildman–Crippen MR) is 99.1 cm³/mol. The minimum atomic E-state index is -0.307. The molecule has 134 valence electrons. The van der Waals surface area contributed by atoms with Gasteiger partial charge in [0.15, 0.2) is 0 Å². The van der Waals surface area contributed by atoms with Gasteiger partial charge in [-0.05, 0) is 31.2 Å². The highest BCUT2D eigenvalue weighted by atomic mass is 16.5. The van der Waals surface area contributed by atoms with Crippen LogP contribution in [-0.4, -0.2) is 27.8 Å². The van der Waals surface area contributed by atoms with Gasteiger partial charge in [-0.2, -0.15) is 0 Å². The Hall–Kier alpha value is -3.09. The Balaban J connectivity index is 1.39. The monoisotopic (exact) mass is 351 g/mol. The molecule has 1 fully saturated rings. The van der Waals surface area contributed by atoms with E-state index < -0.39 is 0 Å². The number of aromatic amines is 1. The third-order valence-electron chi connectivity index (χ3n) is 4.45. The number of aromatic nitrogens is 3. The van der Waals surface area contributed by atoms with Crippen LogP contribution in [0.5, 0.6) is 5.88 Å². The Bertz CT molecular complexity index is 905. The number of carbonyl (C=O) groups is 1. The molecule has 4 rings (SSSR count). The average molecular weight is 351 g/mol. The third kappa shape index (κ3) is 3.77. The van der Waals surface area contributed by atoms with Gasteiger partial charge in [0.25, 0.3) is 0 Å². The summed E-state index contributed by atoms with van der Waals surface area (Å²) in [6.45, 7) is 2.63. The number of benzene rings is 1. The van der Waals surface area contributed by atoms with Crippen LogP contribution in [0.25, 0.3) is 10.9 Å². The molecule has 2 aromatic heterocycles. The van der Waals surface area contributed by atoms with Crippen molar-refractivity contribution in [2.75, 3.05) is 11.9 Å². The first-order chi connectivity index (χ1) is 12.7. The number of ether oxygens (including phenoxy) is 1. The molecule has 2 heterocycles. The number of rotatable bonds is 6. The summed E-state index contributed by atoms with van der Waals surface area (Å²) in [7, 11) is 0. The van der Waals surface area contributed by atoms with Gasteiger partial charge in [0, 0.05) is 12.3 Å². The normalized spacial score (nSPS) is 14.8. The van der Waals surface area contributed by atoms with Crippen LogP contribution in [0.2, 0.25) is 0 Å². The van der Waals surface area contributed by atoms with Crippen LogP contribution >= 0.6 is 0 Å². The predicted octanol–water partition coefficient (Wildman–Crippen LogP) is 3.63. The zero-order valence-corrected chi connectivity index (χ0v) is 14.5. The fraction of sp³-hybridized carbons (Fsp3) is 0.316. The van der Waals surface area contributed by atoms with Crippen molar-refractivity contribution in [1.29, 1.82) is 0 Å². The summed E-state index contributed by atoms with van der Waals surface area (Å²) < 4.78 is 5.72. The second-order valence-corrected chi connectivity index (χ2v) is 6.63. The summed E-state index contributed by atoms with van der Waals surface area (Å²) >= 11 is 0. The highest BCUT2D eigenvalue weighted by Crippen LogP contribution is 2.31. The molecule has 2 amide bonds. The Morgan fingerprint density at radius 2 is 2.15 bits per heavy atom. The smallest absolute Gasteiger partial charge is 0.320 e. The first-order valence-electron chi connectivity index (χ1n) is 8.78. The number of urea groups is 1. The number of nitrogens with zero attached hydrogens (tertiary/aromatic N) is 2. The second-order valence-electron chi connectivity index (χ2n) is 6.63. The van der Waals surface area contributed by atoms with Crippen molar-refractivity contribution in [3.05, 3.63) is 48.2 Å². The summed E-state index contributed by atoms with van der Waals surface area (Å²) in [6.07, 6.45) is 4.12. The van der Waals surface area contributed by atoms with Crippen LogP contribution in [0.1, 0.15) is 31.4 Å². The van der Waals surface area contributed by atoms with E-state index in [1.165, 1.54) is 12.8 Å². The fourth-order valence-corrected chi connectivity index (χ4v) is 2.72. The van der Waals surface area contributed by atoms with Crippen LogP contribution in [0.3, 0.4) is 0 Å². The van der Waals surface area contributed by atoms with Crippen molar-refractivity contribution in [1.82, 2.24) is 20.5 Å². The molecule has 0 bridgehead atoms. The van der Waals surface area contributed by atoms with Crippen molar-refractivity contribution < 1.29 is 9.53 Å². The molecule has 3 N–H and O–H groups in total. The minimum absolute atomic E-state index is 0.102. The van der Waals surface area contributed by atoms with E-state index in [0.29, 0.717) is 24.2 Å². The molecule has 1 unspecified atom stereocenters. The zero-order chi connectivity index (χ0) is 17.9. The van der Waals surface area contributed by atoms with Gasteiger partial charge in [-0.15, -0.1) is 5.10 Å². The van der Waals surface area contributed by atoms with Crippen molar-refractivity contribution in [3.63, 3.8) is 0 Å². The first kappa shape index (κ1) is 16.4. The lowest BCUT2D eigenvalue weighted by molar-refractivity contribution is 0.249. The summed E-state index contributed by atoms with van der Waals surface area (Å²) in [4.78, 5) is 16.5. The summed E-state index contributed by atoms with van der Waals surface area (Å²) in [5.41, 5.74) is 1.81. The quantitative estimate of drug-likeness (QED) is 0.632. The van der Waals surface area contributed by atoms with Gasteiger partial charge >= 0.3 is 6.03 Å². The molecule has 1 aromatic carbocycles. The van der Waals surface area contributed by atoms with Gasteiger partial charge < -0.3 is 10.1 Å². The standard InChI is InChI=1S/C19H21N5O2/c1-12(14-5-3-2-4-6-14)21-19(25)22-17-9-16-15(10-20-17)18(24-23-16)26-11-13-7-8-13/h2-6,9-10,12-13H,7-8,11H2,1H3,(H,23,24)(H2,20,21,22,25). The van der Waals surface area contributed by atoms with Crippen molar-refractivity contribution >= 4 is 22.8 Å². The largest absolute Gasteiger partial charge is 0.476 e. The summed E-state index contributed by atoms with van der Waals surface area (Å²) in [5.74, 6) is 1.67. The minimum Gasteiger partial charge on any atom is -0.476 e. The third-order valence-corrected chi connectivity index (χ3v) is 4.45. The Morgan fingerprint density at radius 3 is 2.92 bits per heavy atom. The fourth-order valence-electron chi connectivity index (χ4n) is 2.72. The number of nitrogens with one attached hydrogen (secondary N) is 3. The number of hydrogen-bond donors (Lipinski definition) is 3. The molecule has 0 radical (unpaired) electrons. The van der Waals surface area contributed by atoms with E-state index in [1.54, 1.807) is 12.3 Å². The lowest BCUT2D eigenvalue weighted by Gasteiger charge is -2.14. The number of pyridine rings is 1. The van der Waals surface area contributed by atoms with E-state index >= 15 is 0 Å². The van der Waals surface area contributed by atoms with Crippen LogP contribution in [-0.2, 0) is 0 Å². The van der Waals surface area contributed by atoms with Gasteiger partial charge in [0.2, 0.25) is 5.88 Å². The molecule has 1 aliphatic rings. The van der Waals surface area contributed by atoms with E-state index in [2.05, 4.69) is 25.8 Å². The summed E-state index contributed by atoms with van der Waals surface area (Å²) in [5, 5.41) is 13.6. The van der Waals surface area contributed by atoms with Crippen LogP contribution in [0, 0.1) is 5.92 Å². The van der Waals surface area contributed by atoms with Crippen LogP contribution < -0.4 is 15.4 Å². The van der Waals surface area contributed by atoms with Crippen LogP contribution in [0.15, 0.2) is 42.6 Å². The number of amides is 2. The second kappa shape index (κ2) is 7.03. The van der Waals surface area contributed by atoms with Crippen molar-refractivity contribution in [3.8, 4) is 5.88 Å². The summed E-state index contributed by atoms with van der Waals surface area (Å²) in [6, 6.07) is 11.1. The van der Waals surface area contributed by atoms with Crippen molar-refractivity contribution in [2.24, 2.45) is 5.92 Å². The number of carbonyl (C=O) groups excluding carboxylic acids is 1. The number of H-pyrrole nitrogens is 1. The highest BCUT2D eigenvalue weighted by Gasteiger charge is 2.23. The van der Waals surface area contributed by atoms with E-state index in [9.17, 15) is 4.79 Å². The SMILES string of the molecule is CC(NC(=O)Nc1cc2[nH]nc(OCC3CC3)c2cn1)c1ccccc1. The lowest BCUT2D eigenvalue weighted by atomic mass is 10.1. The molecule has 26 heavy (non-hydrogen) atoms. The first-order valence-corrected chi connectivity index (χ1v) is 8.78. The maximum atomic E-state index is 12.2. The lowest BCUT2D eigenvalue weighted by Crippen LogP contribution is -2.31. The molecule has 0 aliphatic heterocycles. The molecular weight excluding hydrogens is 330 g/mol. The number of hydrogen-bond acceptors (Lipinski definition) is 4.